The van der Waals surface area contributed by atoms with Gasteiger partial charge in [0, 0.05) is 19.6 Å². The van der Waals surface area contributed by atoms with Crippen LogP contribution in [-0.4, -0.2) is 42.5 Å². The maximum Gasteiger partial charge on any atom is 0.191 e. The zero-order valence-electron chi connectivity index (χ0n) is 9.32. The Labute approximate surface area is 109 Å². The van der Waals surface area contributed by atoms with Crippen LogP contribution in [0.5, 0.6) is 0 Å². The van der Waals surface area contributed by atoms with Crippen molar-refractivity contribution >= 4 is 41.7 Å². The predicted molar refractivity (Wildman–Crippen MR) is 77.8 cm³/mol. The van der Waals surface area contributed by atoms with Gasteiger partial charge in [-0.25, -0.2) is 0 Å². The van der Waals surface area contributed by atoms with Crippen molar-refractivity contribution < 1.29 is 0 Å². The van der Waals surface area contributed by atoms with Crippen molar-refractivity contribution in [3.63, 3.8) is 0 Å². The maximum atomic E-state index is 5.79. The summed E-state index contributed by atoms with van der Waals surface area (Å²) in [5.74, 6) is 1.85. The van der Waals surface area contributed by atoms with Crippen LogP contribution in [0.3, 0.4) is 0 Å². The van der Waals surface area contributed by atoms with Crippen molar-refractivity contribution in [3.05, 3.63) is 0 Å². The van der Waals surface area contributed by atoms with E-state index in [1.807, 2.05) is 11.8 Å². The molecule has 0 heterocycles. The van der Waals surface area contributed by atoms with E-state index in [-0.39, 0.29) is 24.0 Å². The minimum atomic E-state index is 0. The maximum absolute atomic E-state index is 5.79. The van der Waals surface area contributed by atoms with E-state index in [0.717, 1.165) is 31.8 Å². The summed E-state index contributed by atoms with van der Waals surface area (Å²) in [4.78, 5) is 6.38. The highest BCUT2D eigenvalue weighted by Crippen LogP contribution is 1.95. The van der Waals surface area contributed by atoms with Gasteiger partial charge in [0.05, 0.1) is 0 Å². The number of guanidine groups is 1. The summed E-state index contributed by atoms with van der Waals surface area (Å²) in [6, 6.07) is 0. The van der Waals surface area contributed by atoms with Crippen molar-refractivity contribution in [1.82, 2.24) is 4.90 Å². The minimum Gasteiger partial charge on any atom is -0.370 e. The van der Waals surface area contributed by atoms with E-state index in [1.165, 1.54) is 0 Å². The molecule has 0 bridgehead atoms. The molecule has 2 N–H and O–H groups in total. The molecule has 14 heavy (non-hydrogen) atoms. The van der Waals surface area contributed by atoms with Crippen LogP contribution in [0, 0.1) is 0 Å². The first-order chi connectivity index (χ1) is 6.26. The fraction of sp³-hybridized carbons (Fsp3) is 0.889. The number of aliphatic imine (C=N–C) groups is 1. The smallest absolute Gasteiger partial charge is 0.191 e. The van der Waals surface area contributed by atoms with Gasteiger partial charge >= 0.3 is 0 Å². The van der Waals surface area contributed by atoms with E-state index in [0.29, 0.717) is 5.96 Å². The van der Waals surface area contributed by atoms with Crippen LogP contribution in [0.1, 0.15) is 20.3 Å². The van der Waals surface area contributed by atoms with Crippen molar-refractivity contribution in [2.75, 3.05) is 31.6 Å². The molecular weight excluding hydrogens is 309 g/mol. The number of nitrogens with zero attached hydrogens (tertiary/aromatic N) is 2. The fourth-order valence-corrected chi connectivity index (χ4v) is 1.47. The summed E-state index contributed by atoms with van der Waals surface area (Å²) in [5, 5.41) is 0. The molecule has 0 rings (SSSR count). The van der Waals surface area contributed by atoms with Crippen LogP contribution in [0.2, 0.25) is 0 Å². The van der Waals surface area contributed by atoms with E-state index in [1.54, 1.807) is 0 Å². The Morgan fingerprint density at radius 2 is 1.93 bits per heavy atom. The summed E-state index contributed by atoms with van der Waals surface area (Å²) in [6.45, 7) is 6.91. The SMILES string of the molecule is CCN(CC)C(N)=NCCCSC.I. The molecule has 0 radical (unpaired) electrons. The van der Waals surface area contributed by atoms with Crippen molar-refractivity contribution in [1.29, 1.82) is 0 Å². The van der Waals surface area contributed by atoms with Crippen LogP contribution in [0.15, 0.2) is 4.99 Å². The summed E-state index contributed by atoms with van der Waals surface area (Å²) >= 11 is 1.85. The average Bonchev–Trinajstić information content (AvgIpc) is 2.14. The van der Waals surface area contributed by atoms with E-state index < -0.39 is 0 Å². The van der Waals surface area contributed by atoms with Gasteiger partial charge in [0.1, 0.15) is 0 Å². The number of hydrogen-bond acceptors (Lipinski definition) is 2. The van der Waals surface area contributed by atoms with E-state index in [2.05, 4.69) is 30.0 Å². The topological polar surface area (TPSA) is 41.6 Å². The Kier molecular flexibility index (Phi) is 13.7. The van der Waals surface area contributed by atoms with Gasteiger partial charge < -0.3 is 10.6 Å². The highest BCUT2D eigenvalue weighted by Gasteiger charge is 2.00. The normalized spacial score (nSPS) is 10.9. The Bertz CT molecular complexity index is 149. The number of thioether (sulfide) groups is 1. The van der Waals surface area contributed by atoms with Gasteiger partial charge in [-0.3, -0.25) is 4.99 Å². The molecule has 0 unspecified atom stereocenters. The molecule has 5 heteroatoms. The quantitative estimate of drug-likeness (QED) is 0.350. The molecule has 0 aromatic carbocycles. The Hall–Kier alpha value is 0.350. The number of rotatable bonds is 6. The number of nitrogens with two attached hydrogens (primary N) is 1. The second kappa shape index (κ2) is 11.4. The zero-order valence-corrected chi connectivity index (χ0v) is 12.5. The molecule has 0 fully saturated rings. The average molecular weight is 331 g/mol. The summed E-state index contributed by atoms with van der Waals surface area (Å²) in [6.07, 6.45) is 3.22. The van der Waals surface area contributed by atoms with Crippen LogP contribution < -0.4 is 5.73 Å². The monoisotopic (exact) mass is 331 g/mol. The molecule has 0 spiro atoms. The molecular formula is C9H22IN3S. The minimum absolute atomic E-state index is 0. The lowest BCUT2D eigenvalue weighted by molar-refractivity contribution is 0.458. The van der Waals surface area contributed by atoms with E-state index >= 15 is 0 Å². The molecule has 0 saturated carbocycles. The van der Waals surface area contributed by atoms with Crippen LogP contribution in [-0.2, 0) is 0 Å². The molecule has 0 amide bonds. The molecule has 86 valence electrons. The Morgan fingerprint density at radius 1 is 1.36 bits per heavy atom. The van der Waals surface area contributed by atoms with Gasteiger partial charge in [-0.15, -0.1) is 24.0 Å². The number of hydrogen-bond donors (Lipinski definition) is 1. The molecule has 0 aliphatic heterocycles. The fourth-order valence-electron chi connectivity index (χ4n) is 1.05. The van der Waals surface area contributed by atoms with Gasteiger partial charge in [0.15, 0.2) is 5.96 Å². The molecule has 3 nitrogen and oxygen atoms in total. The largest absolute Gasteiger partial charge is 0.370 e. The van der Waals surface area contributed by atoms with Gasteiger partial charge in [-0.05, 0) is 32.3 Å². The lowest BCUT2D eigenvalue weighted by Gasteiger charge is -2.19. The second-order valence-corrected chi connectivity index (χ2v) is 3.74. The lowest BCUT2D eigenvalue weighted by atomic mass is 10.5. The van der Waals surface area contributed by atoms with Crippen LogP contribution >= 0.6 is 35.7 Å². The molecule has 0 saturated heterocycles. The van der Waals surface area contributed by atoms with E-state index in [9.17, 15) is 0 Å². The standard InChI is InChI=1S/C9H21N3S.HI/c1-4-12(5-2)9(10)11-7-6-8-13-3;/h4-8H2,1-3H3,(H2,10,11);1H. The third kappa shape index (κ3) is 7.73. The zero-order chi connectivity index (χ0) is 10.1. The second-order valence-electron chi connectivity index (χ2n) is 2.76. The molecule has 0 aliphatic carbocycles. The van der Waals surface area contributed by atoms with Gasteiger partial charge in [0.25, 0.3) is 0 Å². The highest BCUT2D eigenvalue weighted by atomic mass is 127. The first-order valence-corrected chi connectivity index (χ1v) is 6.19. The molecule has 0 atom stereocenters. The van der Waals surface area contributed by atoms with Crippen molar-refractivity contribution in [2.45, 2.75) is 20.3 Å². The summed E-state index contributed by atoms with van der Waals surface area (Å²) in [5.41, 5.74) is 5.79. The van der Waals surface area contributed by atoms with Gasteiger partial charge in [0.2, 0.25) is 0 Å². The first kappa shape index (κ1) is 16.8. The molecule has 0 aliphatic rings. The molecule has 0 aromatic heterocycles. The van der Waals surface area contributed by atoms with Gasteiger partial charge in [-0.1, -0.05) is 0 Å². The number of halogens is 1. The lowest BCUT2D eigenvalue weighted by Crippen LogP contribution is -2.37. The van der Waals surface area contributed by atoms with Crippen molar-refractivity contribution in [2.24, 2.45) is 10.7 Å². The van der Waals surface area contributed by atoms with Crippen LogP contribution in [0.25, 0.3) is 0 Å². The van der Waals surface area contributed by atoms with Crippen LogP contribution in [0.4, 0.5) is 0 Å². The Morgan fingerprint density at radius 3 is 2.36 bits per heavy atom. The third-order valence-corrected chi connectivity index (χ3v) is 2.56. The molecule has 0 aromatic rings. The van der Waals surface area contributed by atoms with E-state index in [4.69, 9.17) is 5.73 Å². The predicted octanol–water partition coefficient (Wildman–Crippen LogP) is 2.01. The Balaban J connectivity index is 0. The van der Waals surface area contributed by atoms with Gasteiger partial charge in [-0.2, -0.15) is 11.8 Å². The highest BCUT2D eigenvalue weighted by molar-refractivity contribution is 14.0. The summed E-state index contributed by atoms with van der Waals surface area (Å²) in [7, 11) is 0. The first-order valence-electron chi connectivity index (χ1n) is 4.80. The summed E-state index contributed by atoms with van der Waals surface area (Å²) < 4.78 is 0. The van der Waals surface area contributed by atoms with Crippen molar-refractivity contribution in [3.8, 4) is 0 Å². The third-order valence-electron chi connectivity index (χ3n) is 1.87.